The van der Waals surface area contributed by atoms with Crippen molar-refractivity contribution < 1.29 is 0 Å². The summed E-state index contributed by atoms with van der Waals surface area (Å²) >= 11 is 3.74. The molecule has 2 rings (SSSR count). The molecule has 0 aliphatic heterocycles. The van der Waals surface area contributed by atoms with E-state index in [1.165, 1.54) is 14.6 Å². The zero-order valence-corrected chi connectivity index (χ0v) is 13.1. The van der Waals surface area contributed by atoms with Gasteiger partial charge in [0.05, 0.1) is 0 Å². The summed E-state index contributed by atoms with van der Waals surface area (Å²) in [5.41, 5.74) is 0.266. The van der Waals surface area contributed by atoms with Gasteiger partial charge in [-0.1, -0.05) is 26.8 Å². The van der Waals surface area contributed by atoms with E-state index in [9.17, 15) is 0 Å². The fourth-order valence-corrected chi connectivity index (χ4v) is 3.54. The minimum atomic E-state index is 0.266. The first kappa shape index (κ1) is 13.8. The van der Waals surface area contributed by atoms with Crippen LogP contribution in [-0.4, -0.2) is 0 Å². The molecule has 0 spiro atoms. The van der Waals surface area contributed by atoms with E-state index in [0.717, 1.165) is 6.54 Å². The fourth-order valence-electron chi connectivity index (χ4n) is 1.77. The molecule has 2 aromatic heterocycles. The number of hydrogen-bond acceptors (Lipinski definition) is 3. The van der Waals surface area contributed by atoms with Gasteiger partial charge in [0.15, 0.2) is 0 Å². The van der Waals surface area contributed by atoms with Crippen LogP contribution in [0.5, 0.6) is 0 Å². The Morgan fingerprint density at radius 1 is 1.22 bits per heavy atom. The van der Waals surface area contributed by atoms with Gasteiger partial charge >= 0.3 is 0 Å². The highest BCUT2D eigenvalue weighted by Crippen LogP contribution is 2.29. The highest BCUT2D eigenvalue weighted by atomic mass is 32.1. The molecule has 0 aliphatic carbocycles. The molecule has 0 bridgehead atoms. The molecular formula is C15H21NS2. The Kier molecular flexibility index (Phi) is 4.25. The van der Waals surface area contributed by atoms with Gasteiger partial charge in [0.25, 0.3) is 0 Å². The van der Waals surface area contributed by atoms with Crippen LogP contribution in [0.15, 0.2) is 29.6 Å². The summed E-state index contributed by atoms with van der Waals surface area (Å²) in [6.07, 6.45) is 0. The average Bonchev–Trinajstić information content (AvgIpc) is 2.96. The van der Waals surface area contributed by atoms with Gasteiger partial charge in [0.2, 0.25) is 0 Å². The minimum absolute atomic E-state index is 0.266. The van der Waals surface area contributed by atoms with E-state index in [-0.39, 0.29) is 5.41 Å². The lowest BCUT2D eigenvalue weighted by atomic mass is 9.95. The van der Waals surface area contributed by atoms with Gasteiger partial charge in [-0.25, -0.2) is 0 Å². The first-order valence-corrected chi connectivity index (χ1v) is 8.02. The maximum absolute atomic E-state index is 3.59. The fraction of sp³-hybridized carbons (Fsp3) is 0.467. The molecule has 0 fully saturated rings. The van der Waals surface area contributed by atoms with Crippen LogP contribution in [-0.2, 0) is 12.0 Å². The predicted molar refractivity (Wildman–Crippen MR) is 82.6 cm³/mol. The van der Waals surface area contributed by atoms with Crippen LogP contribution in [0.4, 0.5) is 0 Å². The van der Waals surface area contributed by atoms with Gasteiger partial charge in [-0.3, -0.25) is 0 Å². The molecule has 1 atom stereocenters. The zero-order chi connectivity index (χ0) is 13.2. The molecule has 0 radical (unpaired) electrons. The largest absolute Gasteiger partial charge is 0.305 e. The molecule has 0 aromatic carbocycles. The van der Waals surface area contributed by atoms with Crippen molar-refractivity contribution in [3.63, 3.8) is 0 Å². The SMILES string of the molecule is C[C@@H](NCc1ccc(C(C)(C)C)s1)c1cccs1. The van der Waals surface area contributed by atoms with Crippen molar-refractivity contribution in [2.75, 3.05) is 0 Å². The molecule has 0 saturated heterocycles. The van der Waals surface area contributed by atoms with Gasteiger partial charge in [-0.15, -0.1) is 22.7 Å². The lowest BCUT2D eigenvalue weighted by Crippen LogP contribution is -2.16. The molecule has 1 N–H and O–H groups in total. The number of hydrogen-bond donors (Lipinski definition) is 1. The Labute approximate surface area is 118 Å². The molecule has 0 aliphatic rings. The van der Waals surface area contributed by atoms with E-state index in [0.29, 0.717) is 6.04 Å². The summed E-state index contributed by atoms with van der Waals surface area (Å²) in [5.74, 6) is 0. The first-order valence-electron chi connectivity index (χ1n) is 6.33. The molecular weight excluding hydrogens is 258 g/mol. The van der Waals surface area contributed by atoms with Crippen molar-refractivity contribution >= 4 is 22.7 Å². The van der Waals surface area contributed by atoms with Crippen molar-refractivity contribution in [2.45, 2.75) is 45.7 Å². The van der Waals surface area contributed by atoms with Crippen molar-refractivity contribution in [3.8, 4) is 0 Å². The summed E-state index contributed by atoms with van der Waals surface area (Å²) in [5, 5.41) is 5.72. The third-order valence-electron chi connectivity index (χ3n) is 2.95. The van der Waals surface area contributed by atoms with E-state index in [2.05, 4.69) is 62.7 Å². The highest BCUT2D eigenvalue weighted by molar-refractivity contribution is 7.12. The summed E-state index contributed by atoms with van der Waals surface area (Å²) in [7, 11) is 0. The van der Waals surface area contributed by atoms with E-state index in [1.54, 1.807) is 0 Å². The summed E-state index contributed by atoms with van der Waals surface area (Å²) in [6, 6.07) is 9.25. The van der Waals surface area contributed by atoms with Crippen molar-refractivity contribution in [3.05, 3.63) is 44.3 Å². The van der Waals surface area contributed by atoms with Crippen LogP contribution in [0.2, 0.25) is 0 Å². The van der Waals surface area contributed by atoms with Crippen LogP contribution < -0.4 is 5.32 Å². The van der Waals surface area contributed by atoms with E-state index < -0.39 is 0 Å². The molecule has 1 nitrogen and oxygen atoms in total. The molecule has 2 aromatic rings. The first-order chi connectivity index (χ1) is 8.47. The van der Waals surface area contributed by atoms with E-state index in [1.807, 2.05) is 22.7 Å². The van der Waals surface area contributed by atoms with E-state index in [4.69, 9.17) is 0 Å². The standard InChI is InChI=1S/C15H21NS2/c1-11(13-6-5-9-17-13)16-10-12-7-8-14(18-12)15(2,3)4/h5-9,11,16H,10H2,1-4H3/t11-/m1/s1. The van der Waals surface area contributed by atoms with Crippen LogP contribution in [0.1, 0.15) is 48.4 Å². The van der Waals surface area contributed by atoms with Crippen molar-refractivity contribution in [1.82, 2.24) is 5.32 Å². The second-order valence-electron chi connectivity index (χ2n) is 5.63. The lowest BCUT2D eigenvalue weighted by Gasteiger charge is -2.15. The number of rotatable bonds is 4. The predicted octanol–water partition coefficient (Wildman–Crippen LogP) is 4.96. The van der Waals surface area contributed by atoms with Crippen molar-refractivity contribution in [1.29, 1.82) is 0 Å². The maximum atomic E-state index is 3.59. The number of thiophene rings is 2. The topological polar surface area (TPSA) is 12.0 Å². The maximum Gasteiger partial charge on any atom is 0.0389 e. The summed E-state index contributed by atoms with van der Waals surface area (Å²) in [6.45, 7) is 9.99. The molecule has 0 unspecified atom stereocenters. The Morgan fingerprint density at radius 3 is 2.56 bits per heavy atom. The summed E-state index contributed by atoms with van der Waals surface area (Å²) in [4.78, 5) is 4.29. The van der Waals surface area contributed by atoms with Gasteiger partial charge in [-0.05, 0) is 35.9 Å². The second-order valence-corrected chi connectivity index (χ2v) is 7.78. The Hall–Kier alpha value is -0.640. The second kappa shape index (κ2) is 5.55. The average molecular weight is 279 g/mol. The molecule has 2 heterocycles. The van der Waals surface area contributed by atoms with Crippen molar-refractivity contribution in [2.24, 2.45) is 0 Å². The normalized spacial score (nSPS) is 13.8. The van der Waals surface area contributed by atoms with Crippen LogP contribution >= 0.6 is 22.7 Å². The van der Waals surface area contributed by atoms with Gasteiger partial charge in [0.1, 0.15) is 0 Å². The van der Waals surface area contributed by atoms with Crippen LogP contribution in [0.25, 0.3) is 0 Å². The van der Waals surface area contributed by atoms with Gasteiger partial charge < -0.3 is 5.32 Å². The Morgan fingerprint density at radius 2 is 2.00 bits per heavy atom. The van der Waals surface area contributed by atoms with Gasteiger partial charge in [-0.2, -0.15) is 0 Å². The Balaban J connectivity index is 1.93. The monoisotopic (exact) mass is 279 g/mol. The molecule has 98 valence electrons. The molecule has 3 heteroatoms. The quantitative estimate of drug-likeness (QED) is 0.834. The smallest absolute Gasteiger partial charge is 0.0389 e. The third-order valence-corrected chi connectivity index (χ3v) is 5.52. The van der Waals surface area contributed by atoms with Gasteiger partial charge in [0, 0.05) is 27.2 Å². The minimum Gasteiger partial charge on any atom is -0.305 e. The summed E-state index contributed by atoms with van der Waals surface area (Å²) < 4.78 is 0. The van der Waals surface area contributed by atoms with Crippen LogP contribution in [0.3, 0.4) is 0 Å². The highest BCUT2D eigenvalue weighted by Gasteiger charge is 2.16. The van der Waals surface area contributed by atoms with E-state index >= 15 is 0 Å². The molecule has 0 saturated carbocycles. The molecule has 0 amide bonds. The zero-order valence-electron chi connectivity index (χ0n) is 11.5. The number of nitrogens with one attached hydrogen (secondary N) is 1. The Bertz CT molecular complexity index is 477. The third kappa shape index (κ3) is 3.44. The lowest BCUT2D eigenvalue weighted by molar-refractivity contribution is 0.587. The van der Waals surface area contributed by atoms with Crippen LogP contribution in [0, 0.1) is 0 Å². The molecule has 18 heavy (non-hydrogen) atoms.